The molecule has 166 valence electrons. The van der Waals surface area contributed by atoms with Crippen molar-refractivity contribution in [3.8, 4) is 0 Å². The molecule has 0 aliphatic carbocycles. The van der Waals surface area contributed by atoms with Gasteiger partial charge < -0.3 is 11.1 Å². The summed E-state index contributed by atoms with van der Waals surface area (Å²) < 4.78 is 0. The first-order valence-corrected chi connectivity index (χ1v) is 11.1. The first-order chi connectivity index (χ1) is 15.5. The third-order valence-electron chi connectivity index (χ3n) is 5.77. The molecule has 3 N–H and O–H groups in total. The number of piperazine rings is 1. The highest BCUT2D eigenvalue weighted by molar-refractivity contribution is 5.56. The van der Waals surface area contributed by atoms with Crippen molar-refractivity contribution in [2.75, 3.05) is 43.8 Å². The first-order valence-electron chi connectivity index (χ1n) is 11.1. The number of hydrogen-bond acceptors (Lipinski definition) is 7. The molecule has 0 spiro atoms. The van der Waals surface area contributed by atoms with Crippen LogP contribution in [0, 0.1) is 13.8 Å². The molecule has 1 fully saturated rings. The fourth-order valence-electron chi connectivity index (χ4n) is 3.74. The Bertz CT molecular complexity index is 1060. The van der Waals surface area contributed by atoms with E-state index < -0.39 is 0 Å². The SMILES string of the molecule is Cc1ccc(Nc2nc(N)nc(CN3CCN(CC=Cc4ccccc4)CC3)n2)cc1C. The summed E-state index contributed by atoms with van der Waals surface area (Å²) in [5.74, 6) is 1.42. The van der Waals surface area contributed by atoms with E-state index in [1.54, 1.807) is 0 Å². The Kier molecular flexibility index (Phi) is 7.09. The molecule has 2 aromatic carbocycles. The molecule has 0 bridgehead atoms. The van der Waals surface area contributed by atoms with Gasteiger partial charge in [-0.2, -0.15) is 15.0 Å². The van der Waals surface area contributed by atoms with E-state index in [-0.39, 0.29) is 5.95 Å². The van der Waals surface area contributed by atoms with Crippen molar-refractivity contribution in [1.82, 2.24) is 24.8 Å². The molecule has 3 aromatic rings. The highest BCUT2D eigenvalue weighted by atomic mass is 15.3. The Labute approximate surface area is 190 Å². The van der Waals surface area contributed by atoms with Crippen LogP contribution in [0.5, 0.6) is 0 Å². The lowest BCUT2D eigenvalue weighted by atomic mass is 10.1. The second kappa shape index (κ2) is 10.3. The lowest BCUT2D eigenvalue weighted by molar-refractivity contribution is 0.134. The van der Waals surface area contributed by atoms with Crippen molar-refractivity contribution in [3.63, 3.8) is 0 Å². The van der Waals surface area contributed by atoms with E-state index in [1.165, 1.54) is 16.7 Å². The van der Waals surface area contributed by atoms with Gasteiger partial charge in [-0.25, -0.2) is 0 Å². The van der Waals surface area contributed by atoms with Gasteiger partial charge in [0.15, 0.2) is 0 Å². The molecule has 7 heteroatoms. The predicted octanol–water partition coefficient (Wildman–Crippen LogP) is 3.65. The number of nitrogens with zero attached hydrogens (tertiary/aromatic N) is 5. The predicted molar refractivity (Wildman–Crippen MR) is 131 cm³/mol. The van der Waals surface area contributed by atoms with E-state index in [0.717, 1.165) is 38.4 Å². The smallest absolute Gasteiger partial charge is 0.232 e. The number of nitrogens with one attached hydrogen (secondary N) is 1. The maximum atomic E-state index is 5.96. The van der Waals surface area contributed by atoms with E-state index in [1.807, 2.05) is 12.1 Å². The average Bonchev–Trinajstić information content (AvgIpc) is 2.78. The second-order valence-electron chi connectivity index (χ2n) is 8.25. The van der Waals surface area contributed by atoms with Crippen molar-refractivity contribution in [1.29, 1.82) is 0 Å². The van der Waals surface area contributed by atoms with Crippen LogP contribution in [0.2, 0.25) is 0 Å². The quantitative estimate of drug-likeness (QED) is 0.593. The molecule has 0 atom stereocenters. The van der Waals surface area contributed by atoms with Crippen LogP contribution in [0.25, 0.3) is 6.08 Å². The number of anilines is 3. The monoisotopic (exact) mass is 429 g/mol. The van der Waals surface area contributed by atoms with Crippen LogP contribution in [-0.4, -0.2) is 57.5 Å². The molecule has 0 saturated carbocycles. The van der Waals surface area contributed by atoms with Gasteiger partial charge in [-0.15, -0.1) is 0 Å². The molecule has 7 nitrogen and oxygen atoms in total. The maximum Gasteiger partial charge on any atom is 0.232 e. The topological polar surface area (TPSA) is 83.2 Å². The summed E-state index contributed by atoms with van der Waals surface area (Å²) in [6.07, 6.45) is 4.42. The highest BCUT2D eigenvalue weighted by Crippen LogP contribution is 2.18. The molecule has 2 heterocycles. The summed E-state index contributed by atoms with van der Waals surface area (Å²) in [6, 6.07) is 16.6. The van der Waals surface area contributed by atoms with Gasteiger partial charge in [0.1, 0.15) is 5.82 Å². The third-order valence-corrected chi connectivity index (χ3v) is 5.77. The van der Waals surface area contributed by atoms with E-state index in [4.69, 9.17) is 5.73 Å². The largest absolute Gasteiger partial charge is 0.368 e. The van der Waals surface area contributed by atoms with Crippen LogP contribution < -0.4 is 11.1 Å². The van der Waals surface area contributed by atoms with Crippen LogP contribution >= 0.6 is 0 Å². The van der Waals surface area contributed by atoms with Crippen LogP contribution in [0.4, 0.5) is 17.6 Å². The number of rotatable bonds is 7. The van der Waals surface area contributed by atoms with E-state index >= 15 is 0 Å². The van der Waals surface area contributed by atoms with Gasteiger partial charge in [-0.3, -0.25) is 9.80 Å². The summed E-state index contributed by atoms with van der Waals surface area (Å²) >= 11 is 0. The fraction of sp³-hybridized carbons (Fsp3) is 0.320. The highest BCUT2D eigenvalue weighted by Gasteiger charge is 2.17. The average molecular weight is 430 g/mol. The Balaban J connectivity index is 1.30. The lowest BCUT2D eigenvalue weighted by Crippen LogP contribution is -2.46. The Morgan fingerprint density at radius 1 is 0.906 bits per heavy atom. The molecule has 32 heavy (non-hydrogen) atoms. The Morgan fingerprint density at radius 3 is 2.41 bits per heavy atom. The summed E-state index contributed by atoms with van der Waals surface area (Å²) in [5, 5.41) is 3.26. The van der Waals surface area contributed by atoms with Crippen molar-refractivity contribution >= 4 is 23.7 Å². The van der Waals surface area contributed by atoms with E-state index in [9.17, 15) is 0 Å². The summed E-state index contributed by atoms with van der Waals surface area (Å²) in [5.41, 5.74) is 10.6. The number of nitrogens with two attached hydrogens (primary N) is 1. The number of benzene rings is 2. The fourth-order valence-corrected chi connectivity index (χ4v) is 3.74. The van der Waals surface area contributed by atoms with Crippen molar-refractivity contribution < 1.29 is 0 Å². The molecule has 0 amide bonds. The standard InChI is InChI=1S/C25H31N7/c1-19-10-11-22(17-20(19)2)27-25-29-23(28-24(26)30-25)18-32-15-13-31(14-16-32)12-6-9-21-7-4-3-5-8-21/h3-11,17H,12-16,18H2,1-2H3,(H3,26,27,28,29,30). The lowest BCUT2D eigenvalue weighted by Gasteiger charge is -2.33. The minimum atomic E-state index is 0.242. The van der Waals surface area contributed by atoms with Gasteiger partial charge in [-0.1, -0.05) is 48.6 Å². The number of hydrogen-bond donors (Lipinski definition) is 2. The minimum Gasteiger partial charge on any atom is -0.368 e. The van der Waals surface area contributed by atoms with Crippen LogP contribution in [0.3, 0.4) is 0 Å². The first kappa shape index (κ1) is 21.9. The molecular weight excluding hydrogens is 398 g/mol. The minimum absolute atomic E-state index is 0.242. The molecule has 1 aliphatic rings. The zero-order valence-electron chi connectivity index (χ0n) is 18.8. The van der Waals surface area contributed by atoms with Crippen LogP contribution in [0.1, 0.15) is 22.5 Å². The molecule has 4 rings (SSSR count). The summed E-state index contributed by atoms with van der Waals surface area (Å²) in [4.78, 5) is 18.0. The molecule has 0 unspecified atom stereocenters. The van der Waals surface area contributed by atoms with Gasteiger partial charge >= 0.3 is 0 Å². The molecule has 0 radical (unpaired) electrons. The van der Waals surface area contributed by atoms with Crippen molar-refractivity contribution in [3.05, 3.63) is 77.1 Å². The van der Waals surface area contributed by atoms with Crippen molar-refractivity contribution in [2.45, 2.75) is 20.4 Å². The molecule has 1 aromatic heterocycles. The number of aromatic nitrogens is 3. The Morgan fingerprint density at radius 2 is 1.66 bits per heavy atom. The van der Waals surface area contributed by atoms with Crippen LogP contribution in [0.15, 0.2) is 54.6 Å². The zero-order valence-corrected chi connectivity index (χ0v) is 18.8. The second-order valence-corrected chi connectivity index (χ2v) is 8.25. The summed E-state index contributed by atoms with van der Waals surface area (Å²) in [6.45, 7) is 9.81. The number of nitrogen functional groups attached to an aromatic ring is 1. The van der Waals surface area contributed by atoms with E-state index in [2.05, 4.69) is 92.5 Å². The van der Waals surface area contributed by atoms with Crippen LogP contribution in [-0.2, 0) is 6.54 Å². The van der Waals surface area contributed by atoms with Gasteiger partial charge in [0.05, 0.1) is 6.54 Å². The molecule has 1 saturated heterocycles. The maximum absolute atomic E-state index is 5.96. The third kappa shape index (κ3) is 6.12. The normalized spacial score (nSPS) is 15.3. The Hall–Kier alpha value is -3.29. The summed E-state index contributed by atoms with van der Waals surface area (Å²) in [7, 11) is 0. The van der Waals surface area contributed by atoms with Crippen molar-refractivity contribution in [2.24, 2.45) is 0 Å². The van der Waals surface area contributed by atoms with Gasteiger partial charge in [-0.05, 0) is 42.7 Å². The van der Waals surface area contributed by atoms with E-state index in [0.29, 0.717) is 18.3 Å². The molecular formula is C25H31N7. The van der Waals surface area contributed by atoms with Gasteiger partial charge in [0, 0.05) is 38.4 Å². The van der Waals surface area contributed by atoms with Gasteiger partial charge in [0.25, 0.3) is 0 Å². The zero-order chi connectivity index (χ0) is 22.3. The van der Waals surface area contributed by atoms with Gasteiger partial charge in [0.2, 0.25) is 11.9 Å². The molecule has 1 aliphatic heterocycles. The number of aryl methyl sites for hydroxylation is 2.